The van der Waals surface area contributed by atoms with Crippen LogP contribution in [-0.2, 0) is 0 Å². The van der Waals surface area contributed by atoms with Crippen molar-refractivity contribution in [3.63, 3.8) is 0 Å². The van der Waals surface area contributed by atoms with Crippen molar-refractivity contribution in [3.05, 3.63) is 66.0 Å². The van der Waals surface area contributed by atoms with Crippen molar-refractivity contribution in [1.29, 1.82) is 0 Å². The summed E-state index contributed by atoms with van der Waals surface area (Å²) in [5.41, 5.74) is 6.41. The molecule has 0 radical (unpaired) electrons. The zero-order chi connectivity index (χ0) is 19.5. The molecule has 28 heavy (non-hydrogen) atoms. The topological polar surface area (TPSA) is 54.4 Å². The summed E-state index contributed by atoms with van der Waals surface area (Å²) in [6.45, 7) is 2.15. The van der Waals surface area contributed by atoms with Crippen molar-refractivity contribution < 1.29 is 9.18 Å². The smallest absolute Gasteiger partial charge is 0.267 e. The number of carbonyl (C=O) groups excluding carboxylic acids is 1. The van der Waals surface area contributed by atoms with Crippen molar-refractivity contribution >= 4 is 22.5 Å². The molecular formula is C23H22FN3O. The molecule has 4 rings (SSSR count). The normalized spacial score (nSPS) is 18.4. The molecule has 142 valence electrons. The van der Waals surface area contributed by atoms with Gasteiger partial charge in [-0.05, 0) is 61.6 Å². The molecular weight excluding hydrogens is 353 g/mol. The number of carbonyl (C=O) groups is 1. The lowest BCUT2D eigenvalue weighted by molar-refractivity contribution is 0.0956. The van der Waals surface area contributed by atoms with E-state index in [-0.39, 0.29) is 11.7 Å². The third-order valence-electron chi connectivity index (χ3n) is 5.29. The Balaban J connectivity index is 1.71. The number of benzene rings is 2. The first kappa shape index (κ1) is 18.3. The molecule has 1 amide bonds. The third kappa shape index (κ3) is 3.79. The highest BCUT2D eigenvalue weighted by Crippen LogP contribution is 2.25. The number of pyridine rings is 1. The van der Waals surface area contributed by atoms with Crippen molar-refractivity contribution in [2.45, 2.75) is 32.6 Å². The summed E-state index contributed by atoms with van der Waals surface area (Å²) >= 11 is 0. The fourth-order valence-corrected chi connectivity index (χ4v) is 3.65. The van der Waals surface area contributed by atoms with E-state index < -0.39 is 0 Å². The molecule has 1 atom stereocenters. The molecule has 0 saturated heterocycles. The molecule has 4 nitrogen and oxygen atoms in total. The van der Waals surface area contributed by atoms with Gasteiger partial charge in [0.15, 0.2) is 0 Å². The fraction of sp³-hybridized carbons (Fsp3) is 0.261. The lowest BCUT2D eigenvalue weighted by Gasteiger charge is -2.19. The van der Waals surface area contributed by atoms with E-state index in [2.05, 4.69) is 22.4 Å². The predicted molar refractivity (Wildman–Crippen MR) is 110 cm³/mol. The van der Waals surface area contributed by atoms with Crippen LogP contribution in [0.5, 0.6) is 0 Å². The van der Waals surface area contributed by atoms with Gasteiger partial charge in [0.1, 0.15) is 5.82 Å². The Labute approximate surface area is 163 Å². The Morgan fingerprint density at radius 2 is 1.93 bits per heavy atom. The summed E-state index contributed by atoms with van der Waals surface area (Å²) in [7, 11) is 0. The number of para-hydroxylation sites is 1. The van der Waals surface area contributed by atoms with Crippen LogP contribution in [0, 0.1) is 11.7 Å². The average molecular weight is 375 g/mol. The highest BCUT2D eigenvalue weighted by Gasteiger charge is 2.18. The van der Waals surface area contributed by atoms with E-state index in [1.54, 1.807) is 18.2 Å². The monoisotopic (exact) mass is 375 g/mol. The van der Waals surface area contributed by atoms with Crippen LogP contribution in [0.2, 0.25) is 0 Å². The lowest BCUT2D eigenvalue weighted by Crippen LogP contribution is -2.24. The number of rotatable bonds is 3. The zero-order valence-electron chi connectivity index (χ0n) is 15.8. The number of hydrazone groups is 1. The number of fused-ring (bicyclic) bond motifs is 1. The van der Waals surface area contributed by atoms with Crippen LogP contribution < -0.4 is 5.43 Å². The quantitative estimate of drug-likeness (QED) is 0.629. The van der Waals surface area contributed by atoms with E-state index in [0.717, 1.165) is 35.9 Å². The van der Waals surface area contributed by atoms with Crippen LogP contribution in [0.4, 0.5) is 4.39 Å². The second-order valence-electron chi connectivity index (χ2n) is 7.27. The van der Waals surface area contributed by atoms with E-state index in [1.807, 2.05) is 24.3 Å². The second kappa shape index (κ2) is 7.89. The maximum atomic E-state index is 13.3. The van der Waals surface area contributed by atoms with Gasteiger partial charge in [0.25, 0.3) is 5.91 Å². The molecule has 1 aromatic heterocycles. The van der Waals surface area contributed by atoms with Gasteiger partial charge in [0.05, 0.1) is 16.8 Å². The molecule has 1 fully saturated rings. The summed E-state index contributed by atoms with van der Waals surface area (Å²) in [5.74, 6) is -0.162. The molecule has 1 N–H and O–H groups in total. The first-order chi connectivity index (χ1) is 13.6. The standard InChI is InChI=1S/C23H22FN3O/c1-15-6-2-4-8-20(15)26-27-23(28)19-14-22(16-10-12-17(24)13-11-16)25-21-9-5-3-7-18(19)21/h3,5,7,9-15H,2,4,6,8H2,1H3,(H,27,28)/b26-20+. The minimum atomic E-state index is -0.306. The van der Waals surface area contributed by atoms with Crippen molar-refractivity contribution in [2.24, 2.45) is 11.0 Å². The van der Waals surface area contributed by atoms with E-state index in [0.29, 0.717) is 22.7 Å². The van der Waals surface area contributed by atoms with Crippen molar-refractivity contribution in [1.82, 2.24) is 10.4 Å². The number of nitrogens with zero attached hydrogens (tertiary/aromatic N) is 2. The number of nitrogens with one attached hydrogen (secondary N) is 1. The molecule has 1 aliphatic carbocycles. The molecule has 5 heteroatoms. The first-order valence-corrected chi connectivity index (χ1v) is 9.64. The van der Waals surface area contributed by atoms with E-state index in [1.165, 1.54) is 18.6 Å². The van der Waals surface area contributed by atoms with E-state index >= 15 is 0 Å². The summed E-state index contributed by atoms with van der Waals surface area (Å²) in [5, 5.41) is 5.17. The highest BCUT2D eigenvalue weighted by molar-refractivity contribution is 6.07. The molecule has 1 heterocycles. The van der Waals surface area contributed by atoms with Crippen LogP contribution >= 0.6 is 0 Å². The van der Waals surface area contributed by atoms with Gasteiger partial charge >= 0.3 is 0 Å². The Morgan fingerprint density at radius 1 is 1.14 bits per heavy atom. The average Bonchev–Trinajstić information content (AvgIpc) is 2.72. The maximum absolute atomic E-state index is 13.3. The zero-order valence-corrected chi connectivity index (χ0v) is 15.8. The number of aromatic nitrogens is 1. The van der Waals surface area contributed by atoms with Gasteiger partial charge in [0, 0.05) is 16.7 Å². The van der Waals surface area contributed by atoms with Gasteiger partial charge in [-0.1, -0.05) is 31.5 Å². The minimum Gasteiger partial charge on any atom is -0.267 e. The molecule has 2 aromatic carbocycles. The van der Waals surface area contributed by atoms with Crippen molar-refractivity contribution in [2.75, 3.05) is 0 Å². The molecule has 0 spiro atoms. The highest BCUT2D eigenvalue weighted by atomic mass is 19.1. The molecule has 3 aromatic rings. The van der Waals surface area contributed by atoms with Crippen molar-refractivity contribution in [3.8, 4) is 11.3 Å². The SMILES string of the molecule is CC1CCCC/C1=N\NC(=O)c1cc(-c2ccc(F)cc2)nc2ccccc12. The Hall–Kier alpha value is -3.08. The van der Waals surface area contributed by atoms with E-state index in [9.17, 15) is 9.18 Å². The summed E-state index contributed by atoms with van der Waals surface area (Å²) in [6.07, 6.45) is 4.37. The van der Waals surface area contributed by atoms with Gasteiger partial charge in [-0.2, -0.15) is 5.10 Å². The molecule has 1 saturated carbocycles. The van der Waals surface area contributed by atoms with Crippen LogP contribution in [0.1, 0.15) is 43.0 Å². The van der Waals surface area contributed by atoms with Crippen LogP contribution in [0.15, 0.2) is 59.7 Å². The predicted octanol–water partition coefficient (Wildman–Crippen LogP) is 5.34. The largest absolute Gasteiger partial charge is 0.272 e. The minimum absolute atomic E-state index is 0.257. The van der Waals surface area contributed by atoms with Gasteiger partial charge in [-0.3, -0.25) is 4.79 Å². The van der Waals surface area contributed by atoms with Crippen LogP contribution in [-0.4, -0.2) is 16.6 Å². The lowest BCUT2D eigenvalue weighted by atomic mass is 9.89. The molecule has 0 aliphatic heterocycles. The fourth-order valence-electron chi connectivity index (χ4n) is 3.65. The Kier molecular flexibility index (Phi) is 5.15. The number of halogens is 1. The summed E-state index contributed by atoms with van der Waals surface area (Å²) in [6, 6.07) is 15.4. The first-order valence-electron chi connectivity index (χ1n) is 9.64. The molecule has 0 bridgehead atoms. The van der Waals surface area contributed by atoms with Gasteiger partial charge in [-0.25, -0.2) is 14.8 Å². The maximum Gasteiger partial charge on any atom is 0.272 e. The Morgan fingerprint density at radius 3 is 2.71 bits per heavy atom. The number of amides is 1. The van der Waals surface area contributed by atoms with E-state index in [4.69, 9.17) is 0 Å². The number of hydrogen-bond acceptors (Lipinski definition) is 3. The summed E-state index contributed by atoms with van der Waals surface area (Å²) < 4.78 is 13.3. The van der Waals surface area contributed by atoms with Gasteiger partial charge in [-0.15, -0.1) is 0 Å². The summed E-state index contributed by atoms with van der Waals surface area (Å²) in [4.78, 5) is 17.6. The number of hydrogen-bond donors (Lipinski definition) is 1. The molecule has 1 aliphatic rings. The third-order valence-corrected chi connectivity index (χ3v) is 5.29. The van der Waals surface area contributed by atoms with Crippen LogP contribution in [0.25, 0.3) is 22.2 Å². The molecule has 1 unspecified atom stereocenters. The second-order valence-corrected chi connectivity index (χ2v) is 7.27. The van der Waals surface area contributed by atoms with Gasteiger partial charge < -0.3 is 0 Å². The van der Waals surface area contributed by atoms with Crippen LogP contribution in [0.3, 0.4) is 0 Å². The Bertz CT molecular complexity index is 1040. The van der Waals surface area contributed by atoms with Gasteiger partial charge in [0.2, 0.25) is 0 Å².